The van der Waals surface area contributed by atoms with Crippen molar-refractivity contribution >= 4 is 17.3 Å². The molecule has 2 aromatic carbocycles. The fourth-order valence-electron chi connectivity index (χ4n) is 2.88. The minimum Gasteiger partial charge on any atom is -0.366 e. The molecule has 1 aliphatic heterocycles. The topological polar surface area (TPSA) is 66.7 Å². The van der Waals surface area contributed by atoms with Crippen molar-refractivity contribution in [3.8, 4) is 0 Å². The molecule has 136 valence electrons. The first-order valence-corrected chi connectivity index (χ1v) is 7.80. The zero-order valence-corrected chi connectivity index (χ0v) is 13.5. The Hall–Kier alpha value is -3.10. The summed E-state index contributed by atoms with van der Waals surface area (Å²) in [5.74, 6) is -3.36. The average molecular weight is 365 g/mol. The molecule has 0 unspecified atom stereocenters. The minimum atomic E-state index is -0.932. The van der Waals surface area contributed by atoms with E-state index >= 15 is 0 Å². The van der Waals surface area contributed by atoms with Crippen LogP contribution in [0.1, 0.15) is 10.4 Å². The number of halogens is 3. The van der Waals surface area contributed by atoms with Gasteiger partial charge in [0.05, 0.1) is 16.7 Å². The zero-order valence-electron chi connectivity index (χ0n) is 13.5. The van der Waals surface area contributed by atoms with Crippen LogP contribution in [-0.4, -0.2) is 41.9 Å². The highest BCUT2D eigenvalue weighted by molar-refractivity contribution is 5.95. The van der Waals surface area contributed by atoms with Crippen molar-refractivity contribution in [3.05, 3.63) is 69.5 Å². The maximum absolute atomic E-state index is 14.1. The lowest BCUT2D eigenvalue weighted by atomic mass is 10.1. The third kappa shape index (κ3) is 3.32. The highest BCUT2D eigenvalue weighted by Crippen LogP contribution is 2.25. The van der Waals surface area contributed by atoms with E-state index in [9.17, 15) is 28.1 Å². The highest BCUT2D eigenvalue weighted by atomic mass is 19.1. The molecule has 6 nitrogen and oxygen atoms in total. The van der Waals surface area contributed by atoms with Crippen molar-refractivity contribution in [3.63, 3.8) is 0 Å². The molecule has 1 amide bonds. The predicted octanol–water partition coefficient (Wildman–Crippen LogP) is 2.97. The van der Waals surface area contributed by atoms with Crippen molar-refractivity contribution in [1.82, 2.24) is 4.90 Å². The summed E-state index contributed by atoms with van der Waals surface area (Å²) in [6, 6.07) is 6.54. The fourth-order valence-corrected chi connectivity index (χ4v) is 2.88. The molecular weight excluding hydrogens is 351 g/mol. The molecular formula is C17H14F3N3O3. The third-order valence-electron chi connectivity index (χ3n) is 4.23. The molecule has 0 N–H and O–H groups in total. The van der Waals surface area contributed by atoms with Crippen LogP contribution in [0.15, 0.2) is 36.4 Å². The number of anilines is 1. The molecule has 0 saturated carbocycles. The quantitative estimate of drug-likeness (QED) is 0.620. The second-order valence-electron chi connectivity index (χ2n) is 5.77. The summed E-state index contributed by atoms with van der Waals surface area (Å²) < 4.78 is 41.6. The van der Waals surface area contributed by atoms with E-state index in [0.29, 0.717) is 0 Å². The van der Waals surface area contributed by atoms with Gasteiger partial charge in [0.15, 0.2) is 5.82 Å². The Labute approximate surface area is 146 Å². The monoisotopic (exact) mass is 365 g/mol. The highest BCUT2D eigenvalue weighted by Gasteiger charge is 2.27. The van der Waals surface area contributed by atoms with Crippen LogP contribution in [0, 0.1) is 27.6 Å². The molecule has 1 fully saturated rings. The van der Waals surface area contributed by atoms with Gasteiger partial charge < -0.3 is 9.80 Å². The van der Waals surface area contributed by atoms with Crippen molar-refractivity contribution in [2.45, 2.75) is 0 Å². The molecule has 1 saturated heterocycles. The van der Waals surface area contributed by atoms with Gasteiger partial charge in [-0.1, -0.05) is 6.07 Å². The van der Waals surface area contributed by atoms with Crippen LogP contribution in [0.2, 0.25) is 0 Å². The first-order valence-electron chi connectivity index (χ1n) is 7.80. The predicted molar refractivity (Wildman–Crippen MR) is 87.5 cm³/mol. The SMILES string of the molecule is O=C(c1c(F)cccc1F)N1CCN(c2ccc([N+](=O)[O-])cc2F)CC1. The Morgan fingerprint density at radius 2 is 1.58 bits per heavy atom. The molecule has 0 aliphatic carbocycles. The van der Waals surface area contributed by atoms with Gasteiger partial charge in [0.1, 0.15) is 17.2 Å². The van der Waals surface area contributed by atoms with Crippen LogP contribution in [0.25, 0.3) is 0 Å². The molecule has 3 rings (SSSR count). The van der Waals surface area contributed by atoms with E-state index in [1.54, 1.807) is 4.90 Å². The number of nitro groups is 1. The molecule has 0 aromatic heterocycles. The number of hydrogen-bond acceptors (Lipinski definition) is 4. The van der Waals surface area contributed by atoms with Crippen molar-refractivity contribution in [1.29, 1.82) is 0 Å². The van der Waals surface area contributed by atoms with Gasteiger partial charge in [-0.05, 0) is 18.2 Å². The van der Waals surface area contributed by atoms with E-state index in [1.165, 1.54) is 23.1 Å². The number of carbonyl (C=O) groups excluding carboxylic acids is 1. The molecule has 0 atom stereocenters. The fraction of sp³-hybridized carbons (Fsp3) is 0.235. The van der Waals surface area contributed by atoms with Crippen molar-refractivity contribution in [2.24, 2.45) is 0 Å². The number of benzene rings is 2. The summed E-state index contributed by atoms with van der Waals surface area (Å²) in [5, 5.41) is 10.7. The van der Waals surface area contributed by atoms with Gasteiger partial charge in [0.2, 0.25) is 0 Å². The van der Waals surface area contributed by atoms with Crippen LogP contribution in [0.4, 0.5) is 24.5 Å². The number of non-ortho nitro benzene ring substituents is 1. The van der Waals surface area contributed by atoms with E-state index in [0.717, 1.165) is 18.2 Å². The minimum absolute atomic E-state index is 0.142. The van der Waals surface area contributed by atoms with Crippen LogP contribution < -0.4 is 4.90 Å². The number of nitro benzene ring substituents is 1. The van der Waals surface area contributed by atoms with Gasteiger partial charge in [-0.3, -0.25) is 14.9 Å². The molecule has 26 heavy (non-hydrogen) atoms. The maximum Gasteiger partial charge on any atom is 0.272 e. The Kier molecular flexibility index (Phi) is 4.79. The van der Waals surface area contributed by atoms with Crippen molar-refractivity contribution in [2.75, 3.05) is 31.1 Å². The number of carbonyl (C=O) groups is 1. The maximum atomic E-state index is 14.1. The first-order chi connectivity index (χ1) is 12.4. The summed E-state index contributed by atoms with van der Waals surface area (Å²) in [5.41, 5.74) is -0.780. The summed E-state index contributed by atoms with van der Waals surface area (Å²) in [7, 11) is 0. The third-order valence-corrected chi connectivity index (χ3v) is 4.23. The van der Waals surface area contributed by atoms with Crippen LogP contribution in [-0.2, 0) is 0 Å². The Morgan fingerprint density at radius 1 is 0.962 bits per heavy atom. The summed E-state index contributed by atoms with van der Waals surface area (Å²) >= 11 is 0. The molecule has 0 radical (unpaired) electrons. The molecule has 0 spiro atoms. The van der Waals surface area contributed by atoms with E-state index < -0.39 is 33.8 Å². The zero-order chi connectivity index (χ0) is 18.8. The smallest absolute Gasteiger partial charge is 0.272 e. The van der Waals surface area contributed by atoms with Gasteiger partial charge in [-0.2, -0.15) is 0 Å². The molecule has 9 heteroatoms. The Balaban J connectivity index is 1.71. The number of amides is 1. The van der Waals surface area contributed by atoms with Gasteiger partial charge in [0.25, 0.3) is 11.6 Å². The van der Waals surface area contributed by atoms with Crippen LogP contribution in [0.5, 0.6) is 0 Å². The number of piperazine rings is 1. The van der Waals surface area contributed by atoms with Gasteiger partial charge >= 0.3 is 0 Å². The summed E-state index contributed by atoms with van der Waals surface area (Å²) in [6.07, 6.45) is 0. The second kappa shape index (κ2) is 7.03. The molecule has 1 aliphatic rings. The molecule has 0 bridgehead atoms. The number of hydrogen-bond donors (Lipinski definition) is 0. The van der Waals surface area contributed by atoms with Gasteiger partial charge in [-0.25, -0.2) is 13.2 Å². The lowest BCUT2D eigenvalue weighted by Crippen LogP contribution is -2.49. The van der Waals surface area contributed by atoms with E-state index in [-0.39, 0.29) is 37.6 Å². The first kappa shape index (κ1) is 17.7. The normalized spacial score (nSPS) is 14.4. The summed E-state index contributed by atoms with van der Waals surface area (Å²) in [6.45, 7) is 0.749. The Bertz CT molecular complexity index is 847. The lowest BCUT2D eigenvalue weighted by molar-refractivity contribution is -0.385. The van der Waals surface area contributed by atoms with E-state index in [4.69, 9.17) is 0 Å². The Morgan fingerprint density at radius 3 is 2.12 bits per heavy atom. The number of rotatable bonds is 3. The summed E-state index contributed by atoms with van der Waals surface area (Å²) in [4.78, 5) is 25.2. The largest absolute Gasteiger partial charge is 0.366 e. The van der Waals surface area contributed by atoms with Crippen LogP contribution >= 0.6 is 0 Å². The standard InChI is InChI=1S/C17H14F3N3O3/c18-12-2-1-3-13(19)16(12)17(24)22-8-6-21(7-9-22)15-5-4-11(23(25)26)10-14(15)20/h1-5,10H,6-9H2. The molecule has 2 aromatic rings. The number of nitrogens with zero attached hydrogens (tertiary/aromatic N) is 3. The van der Waals surface area contributed by atoms with Crippen molar-refractivity contribution < 1.29 is 22.9 Å². The van der Waals surface area contributed by atoms with E-state index in [2.05, 4.69) is 0 Å². The van der Waals surface area contributed by atoms with Gasteiger partial charge in [0, 0.05) is 32.2 Å². The van der Waals surface area contributed by atoms with E-state index in [1.807, 2.05) is 0 Å². The van der Waals surface area contributed by atoms with Crippen LogP contribution in [0.3, 0.4) is 0 Å². The van der Waals surface area contributed by atoms with Gasteiger partial charge in [-0.15, -0.1) is 0 Å². The molecule has 1 heterocycles. The average Bonchev–Trinajstić information content (AvgIpc) is 2.61. The lowest BCUT2D eigenvalue weighted by Gasteiger charge is -2.36. The second-order valence-corrected chi connectivity index (χ2v) is 5.77.